The number of benzene rings is 1. The lowest BCUT2D eigenvalue weighted by molar-refractivity contribution is -0.137. The zero-order valence-electron chi connectivity index (χ0n) is 20.8. The van der Waals surface area contributed by atoms with Crippen LogP contribution >= 0.6 is 0 Å². The summed E-state index contributed by atoms with van der Waals surface area (Å²) in [7, 11) is 0. The minimum absolute atomic E-state index is 0.0218. The smallest absolute Gasteiger partial charge is 0.417 e. The molecule has 0 aliphatic carbocycles. The molecule has 1 aromatic carbocycles. The van der Waals surface area contributed by atoms with E-state index < -0.39 is 28.7 Å². The molecule has 194 valence electrons. The molecular formula is C27H28F3N5O2. The Bertz CT molecular complexity index is 1240. The van der Waals surface area contributed by atoms with Gasteiger partial charge in [0.15, 0.2) is 0 Å². The number of anilines is 1. The summed E-state index contributed by atoms with van der Waals surface area (Å²) in [6, 6.07) is 12.1. The molecule has 3 aromatic rings. The number of nitrogens with one attached hydrogen (secondary N) is 1. The van der Waals surface area contributed by atoms with Crippen molar-refractivity contribution in [2.45, 2.75) is 38.9 Å². The number of alkyl halides is 3. The molecule has 2 heterocycles. The van der Waals surface area contributed by atoms with Crippen molar-refractivity contribution < 1.29 is 22.7 Å². The highest BCUT2D eigenvalue weighted by atomic mass is 19.4. The number of nitriles is 1. The van der Waals surface area contributed by atoms with Gasteiger partial charge in [-0.3, -0.25) is 19.7 Å². The second kappa shape index (κ2) is 11.8. The Labute approximate surface area is 213 Å². The van der Waals surface area contributed by atoms with Crippen molar-refractivity contribution in [2.75, 3.05) is 25.0 Å². The van der Waals surface area contributed by atoms with Gasteiger partial charge < -0.3 is 10.1 Å². The third-order valence-electron chi connectivity index (χ3n) is 5.98. The molecule has 0 saturated heterocycles. The summed E-state index contributed by atoms with van der Waals surface area (Å²) in [5.41, 5.74) is -0.845. The second-order valence-electron chi connectivity index (χ2n) is 8.78. The van der Waals surface area contributed by atoms with E-state index in [1.165, 1.54) is 12.1 Å². The number of hydrogen-bond donors (Lipinski definition) is 1. The van der Waals surface area contributed by atoms with Gasteiger partial charge in [-0.15, -0.1) is 0 Å². The highest BCUT2D eigenvalue weighted by Crippen LogP contribution is 2.34. The Morgan fingerprint density at radius 1 is 1.14 bits per heavy atom. The van der Waals surface area contributed by atoms with Gasteiger partial charge in [0.05, 0.1) is 41.2 Å². The van der Waals surface area contributed by atoms with Crippen LogP contribution in [-0.4, -0.2) is 46.0 Å². The molecule has 0 radical (unpaired) electrons. The van der Waals surface area contributed by atoms with Crippen molar-refractivity contribution in [2.24, 2.45) is 0 Å². The van der Waals surface area contributed by atoms with Gasteiger partial charge >= 0.3 is 6.18 Å². The summed E-state index contributed by atoms with van der Waals surface area (Å²) in [4.78, 5) is 23.3. The van der Waals surface area contributed by atoms with Crippen LogP contribution in [0, 0.1) is 11.3 Å². The Balaban J connectivity index is 1.56. The quantitative estimate of drug-likeness (QED) is 0.359. The van der Waals surface area contributed by atoms with Gasteiger partial charge in [0.1, 0.15) is 5.75 Å². The number of ether oxygens (including phenoxy) is 1. The van der Waals surface area contributed by atoms with E-state index in [1.807, 2.05) is 36.1 Å². The average Bonchev–Trinajstić information content (AvgIpc) is 2.88. The maximum atomic E-state index is 13.3. The Morgan fingerprint density at radius 2 is 1.86 bits per heavy atom. The molecular weight excluding hydrogens is 483 g/mol. The first kappa shape index (κ1) is 27.6. The van der Waals surface area contributed by atoms with E-state index in [9.17, 15) is 18.0 Å². The molecule has 0 atom stereocenters. The van der Waals surface area contributed by atoms with Crippen molar-refractivity contribution in [1.82, 2.24) is 14.9 Å². The summed E-state index contributed by atoms with van der Waals surface area (Å²) >= 11 is 0. The number of nitrogens with zero attached hydrogens (tertiary/aromatic N) is 4. The molecule has 0 aliphatic rings. The molecule has 1 N–H and O–H groups in total. The van der Waals surface area contributed by atoms with Crippen molar-refractivity contribution in [3.8, 4) is 23.1 Å². The lowest BCUT2D eigenvalue weighted by Crippen LogP contribution is -2.53. The maximum absolute atomic E-state index is 13.3. The maximum Gasteiger partial charge on any atom is 0.417 e. The lowest BCUT2D eigenvalue weighted by Gasteiger charge is -2.36. The van der Waals surface area contributed by atoms with Crippen molar-refractivity contribution in [1.29, 1.82) is 5.26 Å². The zero-order valence-corrected chi connectivity index (χ0v) is 20.8. The summed E-state index contributed by atoms with van der Waals surface area (Å²) < 4.78 is 45.6. The van der Waals surface area contributed by atoms with E-state index in [0.717, 1.165) is 23.4 Å². The normalized spacial score (nSPS) is 11.7. The van der Waals surface area contributed by atoms with Crippen LogP contribution in [0.5, 0.6) is 5.75 Å². The van der Waals surface area contributed by atoms with Crippen molar-refractivity contribution in [3.05, 3.63) is 72.2 Å². The topological polar surface area (TPSA) is 91.1 Å². The van der Waals surface area contributed by atoms with Gasteiger partial charge in [-0.05, 0) is 69.3 Å². The van der Waals surface area contributed by atoms with Crippen LogP contribution in [-0.2, 0) is 11.0 Å². The molecule has 0 fully saturated rings. The molecule has 0 spiro atoms. The van der Waals surface area contributed by atoms with Gasteiger partial charge in [0.25, 0.3) is 0 Å². The van der Waals surface area contributed by atoms with Gasteiger partial charge in [0.2, 0.25) is 5.91 Å². The van der Waals surface area contributed by atoms with Gasteiger partial charge in [0, 0.05) is 30.2 Å². The predicted octanol–water partition coefficient (Wildman–Crippen LogP) is 5.54. The SMILES string of the molecule is CCN(CCCOc1ccc(-c2ccncc2)nc1)C(C)(C)C(=O)Nc1ccc(C#N)c(C(F)(F)F)c1. The Kier molecular flexibility index (Phi) is 8.84. The van der Waals surface area contributed by atoms with E-state index in [0.29, 0.717) is 31.9 Å². The summed E-state index contributed by atoms with van der Waals surface area (Å²) in [5, 5.41) is 11.5. The minimum atomic E-state index is -4.70. The van der Waals surface area contributed by atoms with Gasteiger partial charge in [-0.1, -0.05) is 6.92 Å². The molecule has 2 aromatic heterocycles. The first-order valence-electron chi connectivity index (χ1n) is 11.7. The Hall–Kier alpha value is -3.97. The summed E-state index contributed by atoms with van der Waals surface area (Å²) in [5.74, 6) is 0.170. The van der Waals surface area contributed by atoms with Crippen molar-refractivity contribution in [3.63, 3.8) is 0 Å². The number of amides is 1. The fraction of sp³-hybridized carbons (Fsp3) is 0.333. The van der Waals surface area contributed by atoms with Crippen LogP contribution in [0.2, 0.25) is 0 Å². The molecule has 37 heavy (non-hydrogen) atoms. The molecule has 7 nitrogen and oxygen atoms in total. The monoisotopic (exact) mass is 511 g/mol. The molecule has 0 saturated carbocycles. The third kappa shape index (κ3) is 7.05. The lowest BCUT2D eigenvalue weighted by atomic mass is 10.00. The van der Waals surface area contributed by atoms with Crippen LogP contribution in [0.25, 0.3) is 11.3 Å². The third-order valence-corrected chi connectivity index (χ3v) is 5.98. The molecule has 1 amide bonds. The standard InChI is InChI=1S/C27H28F3N5O2/c1-4-35(14-5-15-37-22-8-9-24(33-18-22)19-10-12-32-13-11-19)26(2,3)25(36)34-21-7-6-20(17-31)23(16-21)27(28,29)30/h6-13,16,18H,4-5,14-15H2,1-3H3,(H,34,36). The van der Waals surface area contributed by atoms with Crippen LogP contribution in [0.1, 0.15) is 38.3 Å². The van der Waals surface area contributed by atoms with Crippen molar-refractivity contribution >= 4 is 11.6 Å². The molecule has 3 rings (SSSR count). The fourth-order valence-corrected chi connectivity index (χ4v) is 3.82. The number of pyridine rings is 2. The van der Waals surface area contributed by atoms with Crippen LogP contribution in [0.3, 0.4) is 0 Å². The minimum Gasteiger partial charge on any atom is -0.492 e. The number of likely N-dealkylation sites (N-methyl/N-ethyl adjacent to an activating group) is 1. The molecule has 10 heteroatoms. The van der Waals surface area contributed by atoms with E-state index >= 15 is 0 Å². The number of aromatic nitrogens is 2. The molecule has 0 unspecified atom stereocenters. The summed E-state index contributed by atoms with van der Waals surface area (Å²) in [6.45, 7) is 6.80. The van der Waals surface area contributed by atoms with E-state index in [4.69, 9.17) is 10.00 Å². The first-order chi connectivity index (χ1) is 17.6. The number of carbonyl (C=O) groups is 1. The van der Waals surface area contributed by atoms with Gasteiger partial charge in [-0.2, -0.15) is 18.4 Å². The second-order valence-corrected chi connectivity index (χ2v) is 8.78. The number of carbonyl (C=O) groups excluding carboxylic acids is 1. The zero-order chi connectivity index (χ0) is 27.1. The average molecular weight is 512 g/mol. The number of rotatable bonds is 10. The highest BCUT2D eigenvalue weighted by molar-refractivity contribution is 5.97. The first-order valence-corrected chi connectivity index (χ1v) is 11.7. The number of hydrogen-bond acceptors (Lipinski definition) is 6. The highest BCUT2D eigenvalue weighted by Gasteiger charge is 2.36. The fourth-order valence-electron chi connectivity index (χ4n) is 3.82. The van der Waals surface area contributed by atoms with E-state index in [1.54, 1.807) is 32.4 Å². The summed E-state index contributed by atoms with van der Waals surface area (Å²) in [6.07, 6.45) is 0.967. The largest absolute Gasteiger partial charge is 0.492 e. The van der Waals surface area contributed by atoms with Crippen LogP contribution < -0.4 is 10.1 Å². The number of halogens is 3. The van der Waals surface area contributed by atoms with Gasteiger partial charge in [-0.25, -0.2) is 0 Å². The molecule has 0 bridgehead atoms. The van der Waals surface area contributed by atoms with E-state index in [-0.39, 0.29) is 5.69 Å². The van der Waals surface area contributed by atoms with Crippen LogP contribution in [0.15, 0.2) is 61.1 Å². The van der Waals surface area contributed by atoms with E-state index in [2.05, 4.69) is 15.3 Å². The predicted molar refractivity (Wildman–Crippen MR) is 134 cm³/mol. The Morgan fingerprint density at radius 3 is 2.46 bits per heavy atom. The molecule has 0 aliphatic heterocycles. The van der Waals surface area contributed by atoms with Crippen LogP contribution in [0.4, 0.5) is 18.9 Å².